The number of rotatable bonds is 3. The maximum Gasteiger partial charge on any atom is 0.0833 e. The predicted octanol–water partition coefficient (Wildman–Crippen LogP) is 4.76. The van der Waals surface area contributed by atoms with Crippen molar-refractivity contribution in [3.8, 4) is 0 Å². The van der Waals surface area contributed by atoms with E-state index in [1.807, 2.05) is 18.2 Å². The minimum Gasteiger partial charge on any atom is -0.388 e. The van der Waals surface area contributed by atoms with Gasteiger partial charge in [0.1, 0.15) is 0 Å². The van der Waals surface area contributed by atoms with Crippen LogP contribution in [0.25, 0.3) is 10.8 Å². The molecule has 2 aromatic carbocycles. The Morgan fingerprint density at radius 2 is 1.84 bits per heavy atom. The molecule has 1 heteroatoms. The highest BCUT2D eigenvalue weighted by Crippen LogP contribution is 2.31. The van der Waals surface area contributed by atoms with Gasteiger partial charge in [-0.15, -0.1) is 0 Å². The molecule has 0 aliphatic heterocycles. The largest absolute Gasteiger partial charge is 0.388 e. The number of benzene rings is 2. The van der Waals surface area contributed by atoms with Gasteiger partial charge < -0.3 is 5.11 Å². The molecular formula is C18H20O. The molecule has 0 heterocycles. The van der Waals surface area contributed by atoms with Gasteiger partial charge in [-0.25, -0.2) is 0 Å². The van der Waals surface area contributed by atoms with Crippen molar-refractivity contribution in [2.24, 2.45) is 0 Å². The summed E-state index contributed by atoms with van der Waals surface area (Å²) < 4.78 is 0. The van der Waals surface area contributed by atoms with Crippen LogP contribution in [-0.4, -0.2) is 5.11 Å². The van der Waals surface area contributed by atoms with Crippen LogP contribution in [0.3, 0.4) is 0 Å². The third-order valence-electron chi connectivity index (χ3n) is 4.02. The second kappa shape index (κ2) is 5.58. The van der Waals surface area contributed by atoms with E-state index in [2.05, 4.69) is 30.3 Å². The van der Waals surface area contributed by atoms with Crippen LogP contribution in [0.1, 0.15) is 43.8 Å². The molecule has 0 fully saturated rings. The van der Waals surface area contributed by atoms with E-state index in [0.29, 0.717) is 0 Å². The average Bonchev–Trinajstić information content (AvgIpc) is 2.47. The van der Waals surface area contributed by atoms with Gasteiger partial charge in [0.2, 0.25) is 0 Å². The third-order valence-corrected chi connectivity index (χ3v) is 4.02. The molecule has 1 nitrogen and oxygen atoms in total. The summed E-state index contributed by atoms with van der Waals surface area (Å²) in [5, 5.41) is 12.9. The maximum atomic E-state index is 10.5. The monoisotopic (exact) mass is 252 g/mol. The summed E-state index contributed by atoms with van der Waals surface area (Å²) in [4.78, 5) is 0. The van der Waals surface area contributed by atoms with Crippen LogP contribution in [-0.2, 0) is 0 Å². The molecule has 1 aliphatic carbocycles. The lowest BCUT2D eigenvalue weighted by Gasteiger charge is -2.18. The highest BCUT2D eigenvalue weighted by Gasteiger charge is 2.14. The molecule has 2 aromatic rings. The molecule has 19 heavy (non-hydrogen) atoms. The fourth-order valence-electron chi connectivity index (χ4n) is 2.99. The molecule has 1 atom stereocenters. The Kier molecular flexibility index (Phi) is 3.65. The van der Waals surface area contributed by atoms with Crippen molar-refractivity contribution >= 4 is 10.8 Å². The lowest BCUT2D eigenvalue weighted by molar-refractivity contribution is 0.178. The Hall–Kier alpha value is -1.60. The molecule has 0 radical (unpaired) electrons. The zero-order valence-electron chi connectivity index (χ0n) is 11.2. The van der Waals surface area contributed by atoms with Crippen LogP contribution in [0.4, 0.5) is 0 Å². The molecule has 98 valence electrons. The van der Waals surface area contributed by atoms with Crippen LogP contribution < -0.4 is 0 Å². The normalized spacial score (nSPS) is 17.2. The smallest absolute Gasteiger partial charge is 0.0833 e. The van der Waals surface area contributed by atoms with Crippen molar-refractivity contribution in [1.82, 2.24) is 0 Å². The molecule has 0 spiro atoms. The zero-order valence-corrected chi connectivity index (χ0v) is 11.2. The van der Waals surface area contributed by atoms with Crippen LogP contribution >= 0.6 is 0 Å². The van der Waals surface area contributed by atoms with E-state index in [1.54, 1.807) is 0 Å². The van der Waals surface area contributed by atoms with Crippen molar-refractivity contribution in [2.75, 3.05) is 0 Å². The number of aliphatic hydroxyl groups is 1. The number of fused-ring (bicyclic) bond motifs is 1. The summed E-state index contributed by atoms with van der Waals surface area (Å²) in [6, 6.07) is 14.5. The molecule has 1 N–H and O–H groups in total. The van der Waals surface area contributed by atoms with Gasteiger partial charge in [-0.3, -0.25) is 0 Å². The predicted molar refractivity (Wildman–Crippen MR) is 80.1 cm³/mol. The van der Waals surface area contributed by atoms with Crippen LogP contribution in [0.15, 0.2) is 54.1 Å². The van der Waals surface area contributed by atoms with Crippen molar-refractivity contribution in [2.45, 2.75) is 38.2 Å². The van der Waals surface area contributed by atoms with Gasteiger partial charge in [0, 0.05) is 0 Å². The average molecular weight is 252 g/mol. The minimum atomic E-state index is -0.379. The molecular weight excluding hydrogens is 232 g/mol. The fraction of sp³-hybridized carbons (Fsp3) is 0.333. The second-order valence-corrected chi connectivity index (χ2v) is 5.40. The van der Waals surface area contributed by atoms with Gasteiger partial charge in [-0.05, 0) is 48.4 Å². The van der Waals surface area contributed by atoms with E-state index in [0.717, 1.165) is 18.4 Å². The number of aliphatic hydroxyl groups excluding tert-OH is 1. The zero-order chi connectivity index (χ0) is 13.1. The van der Waals surface area contributed by atoms with Crippen molar-refractivity contribution in [3.05, 3.63) is 59.7 Å². The summed E-state index contributed by atoms with van der Waals surface area (Å²) >= 11 is 0. The van der Waals surface area contributed by atoms with E-state index in [4.69, 9.17) is 0 Å². The molecule has 3 rings (SSSR count). The SMILES string of the molecule is OC(CC1=CCCCC1)c1cccc2ccccc12. The standard InChI is InChI=1S/C18H20O/c19-18(13-14-7-2-1-3-8-14)17-12-6-10-15-9-4-5-11-16(15)17/h4-7,9-12,18-19H,1-3,8,13H2. The lowest BCUT2D eigenvalue weighted by atomic mass is 9.91. The van der Waals surface area contributed by atoms with Crippen LogP contribution in [0.5, 0.6) is 0 Å². The van der Waals surface area contributed by atoms with E-state index in [1.165, 1.54) is 35.6 Å². The quantitative estimate of drug-likeness (QED) is 0.780. The van der Waals surface area contributed by atoms with Gasteiger partial charge in [0.25, 0.3) is 0 Å². The minimum absolute atomic E-state index is 0.379. The first kappa shape index (κ1) is 12.4. The molecule has 0 bridgehead atoms. The topological polar surface area (TPSA) is 20.2 Å². The Labute approximate surface area is 114 Å². The van der Waals surface area contributed by atoms with Gasteiger partial charge in [-0.1, -0.05) is 54.1 Å². The third kappa shape index (κ3) is 2.71. The summed E-state index contributed by atoms with van der Waals surface area (Å²) in [5.41, 5.74) is 2.48. The van der Waals surface area contributed by atoms with Gasteiger partial charge in [0.05, 0.1) is 6.10 Å². The summed E-state index contributed by atoms with van der Waals surface area (Å²) in [6.45, 7) is 0. The molecule has 0 aromatic heterocycles. The molecule has 1 aliphatic rings. The van der Waals surface area contributed by atoms with E-state index in [-0.39, 0.29) is 6.10 Å². The Bertz CT molecular complexity index is 592. The van der Waals surface area contributed by atoms with E-state index >= 15 is 0 Å². The van der Waals surface area contributed by atoms with Gasteiger partial charge >= 0.3 is 0 Å². The highest BCUT2D eigenvalue weighted by molar-refractivity contribution is 5.85. The van der Waals surface area contributed by atoms with E-state index in [9.17, 15) is 5.11 Å². The van der Waals surface area contributed by atoms with Gasteiger partial charge in [-0.2, -0.15) is 0 Å². The maximum absolute atomic E-state index is 10.5. The fourth-order valence-corrected chi connectivity index (χ4v) is 2.99. The Morgan fingerprint density at radius 3 is 2.68 bits per heavy atom. The first-order valence-corrected chi connectivity index (χ1v) is 7.18. The second-order valence-electron chi connectivity index (χ2n) is 5.40. The molecule has 1 unspecified atom stereocenters. The Balaban J connectivity index is 1.88. The first-order valence-electron chi connectivity index (χ1n) is 7.18. The molecule has 0 saturated carbocycles. The lowest BCUT2D eigenvalue weighted by Crippen LogP contribution is -2.02. The molecule has 0 amide bonds. The number of allylic oxidation sites excluding steroid dienone is 1. The summed E-state index contributed by atoms with van der Waals surface area (Å²) in [6.07, 6.45) is 7.63. The van der Waals surface area contributed by atoms with Crippen molar-refractivity contribution < 1.29 is 5.11 Å². The van der Waals surface area contributed by atoms with Gasteiger partial charge in [0.15, 0.2) is 0 Å². The first-order chi connectivity index (χ1) is 9.34. The van der Waals surface area contributed by atoms with Crippen molar-refractivity contribution in [1.29, 1.82) is 0 Å². The summed E-state index contributed by atoms with van der Waals surface area (Å²) in [7, 11) is 0. The molecule has 0 saturated heterocycles. The summed E-state index contributed by atoms with van der Waals surface area (Å²) in [5.74, 6) is 0. The number of hydrogen-bond donors (Lipinski definition) is 1. The van der Waals surface area contributed by atoms with Crippen LogP contribution in [0, 0.1) is 0 Å². The highest BCUT2D eigenvalue weighted by atomic mass is 16.3. The van der Waals surface area contributed by atoms with Crippen molar-refractivity contribution in [3.63, 3.8) is 0 Å². The number of hydrogen-bond acceptors (Lipinski definition) is 1. The van der Waals surface area contributed by atoms with E-state index < -0.39 is 0 Å². The Morgan fingerprint density at radius 1 is 1.00 bits per heavy atom. The van der Waals surface area contributed by atoms with Crippen LogP contribution in [0.2, 0.25) is 0 Å².